The third kappa shape index (κ3) is 4.36. The van der Waals surface area contributed by atoms with Crippen molar-refractivity contribution in [2.45, 2.75) is 39.3 Å². The quantitative estimate of drug-likeness (QED) is 0.490. The van der Waals surface area contributed by atoms with Crippen molar-refractivity contribution in [1.29, 1.82) is 0 Å². The molecular weight excluding hydrogens is 345 g/mol. The number of imidazole rings is 1. The molecule has 6 nitrogen and oxygen atoms in total. The number of pyridine rings is 2. The molecule has 0 saturated heterocycles. The second-order valence-electron chi connectivity index (χ2n) is 6.35. The maximum atomic E-state index is 13.5. The third-order valence-electron chi connectivity index (χ3n) is 4.40. The summed E-state index contributed by atoms with van der Waals surface area (Å²) in [6.45, 7) is 4.55. The number of nitrogens with one attached hydrogen (secondary N) is 1. The molecule has 0 saturated carbocycles. The summed E-state index contributed by atoms with van der Waals surface area (Å²) in [6.07, 6.45) is 7.85. The zero-order chi connectivity index (χ0) is 19.2. The smallest absolute Gasteiger partial charge is 0.213 e. The zero-order valence-electron chi connectivity index (χ0n) is 15.4. The molecule has 1 atom stereocenters. The SMILES string of the molecule is CCCc1cc(C(C)NC=O)cnc1Cn1ccnc1-c1cccc(F)n1. The average Bonchev–Trinajstić information content (AvgIpc) is 3.12. The number of hydrogen-bond donors (Lipinski definition) is 1. The van der Waals surface area contributed by atoms with Gasteiger partial charge in [-0.25, -0.2) is 9.97 Å². The summed E-state index contributed by atoms with van der Waals surface area (Å²) in [5.41, 5.74) is 3.50. The molecule has 0 aliphatic heterocycles. The Labute approximate surface area is 157 Å². The van der Waals surface area contributed by atoms with Gasteiger partial charge in [0.15, 0.2) is 5.82 Å². The number of aryl methyl sites for hydroxylation is 1. The van der Waals surface area contributed by atoms with Crippen LogP contribution in [0.4, 0.5) is 4.39 Å². The molecule has 140 valence electrons. The van der Waals surface area contributed by atoms with Crippen LogP contribution >= 0.6 is 0 Å². The molecule has 0 aromatic carbocycles. The van der Waals surface area contributed by atoms with E-state index < -0.39 is 5.95 Å². The van der Waals surface area contributed by atoms with E-state index in [0.717, 1.165) is 29.7 Å². The van der Waals surface area contributed by atoms with Gasteiger partial charge in [0.1, 0.15) is 5.69 Å². The molecule has 1 amide bonds. The first-order valence-corrected chi connectivity index (χ1v) is 8.93. The van der Waals surface area contributed by atoms with Crippen LogP contribution in [-0.2, 0) is 17.8 Å². The molecular formula is C20H22FN5O. The van der Waals surface area contributed by atoms with E-state index in [0.29, 0.717) is 24.5 Å². The summed E-state index contributed by atoms with van der Waals surface area (Å²) in [6, 6.07) is 6.65. The average molecular weight is 367 g/mol. The Balaban J connectivity index is 1.92. The van der Waals surface area contributed by atoms with Crippen molar-refractivity contribution < 1.29 is 9.18 Å². The maximum Gasteiger partial charge on any atom is 0.213 e. The molecule has 0 bridgehead atoms. The topological polar surface area (TPSA) is 72.7 Å². The molecule has 0 fully saturated rings. The van der Waals surface area contributed by atoms with Crippen LogP contribution in [0.5, 0.6) is 0 Å². The summed E-state index contributed by atoms with van der Waals surface area (Å²) >= 11 is 0. The number of aromatic nitrogens is 4. The van der Waals surface area contributed by atoms with Crippen molar-refractivity contribution in [2.24, 2.45) is 0 Å². The van der Waals surface area contributed by atoms with Gasteiger partial charge >= 0.3 is 0 Å². The molecule has 0 aliphatic carbocycles. The van der Waals surface area contributed by atoms with Crippen molar-refractivity contribution in [3.8, 4) is 11.5 Å². The molecule has 3 rings (SSSR count). The first-order chi connectivity index (χ1) is 13.1. The lowest BCUT2D eigenvalue weighted by Crippen LogP contribution is -2.17. The van der Waals surface area contributed by atoms with E-state index in [1.165, 1.54) is 6.07 Å². The second kappa shape index (κ2) is 8.53. The first-order valence-electron chi connectivity index (χ1n) is 8.93. The van der Waals surface area contributed by atoms with Gasteiger partial charge < -0.3 is 9.88 Å². The maximum absolute atomic E-state index is 13.5. The Morgan fingerprint density at radius 2 is 2.19 bits per heavy atom. The summed E-state index contributed by atoms with van der Waals surface area (Å²) in [4.78, 5) is 23.6. The van der Waals surface area contributed by atoms with Crippen LogP contribution in [0.15, 0.2) is 42.9 Å². The van der Waals surface area contributed by atoms with Crippen LogP contribution in [0.3, 0.4) is 0 Å². The fraction of sp³-hybridized carbons (Fsp3) is 0.300. The Kier molecular flexibility index (Phi) is 5.90. The highest BCUT2D eigenvalue weighted by atomic mass is 19.1. The molecule has 1 unspecified atom stereocenters. The minimum absolute atomic E-state index is 0.0973. The predicted octanol–water partition coefficient (Wildman–Crippen LogP) is 3.29. The van der Waals surface area contributed by atoms with E-state index >= 15 is 0 Å². The summed E-state index contributed by atoms with van der Waals surface area (Å²) in [7, 11) is 0. The number of carbonyl (C=O) groups excluding carboxylic acids is 1. The van der Waals surface area contributed by atoms with Crippen molar-refractivity contribution in [3.63, 3.8) is 0 Å². The molecule has 0 radical (unpaired) electrons. The molecule has 3 aromatic heterocycles. The van der Waals surface area contributed by atoms with Gasteiger partial charge in [0.25, 0.3) is 0 Å². The lowest BCUT2D eigenvalue weighted by Gasteiger charge is -2.15. The molecule has 3 heterocycles. The Morgan fingerprint density at radius 3 is 2.93 bits per heavy atom. The third-order valence-corrected chi connectivity index (χ3v) is 4.40. The molecule has 0 aliphatic rings. The van der Waals surface area contributed by atoms with Crippen LogP contribution in [0.1, 0.15) is 43.1 Å². The number of halogens is 1. The van der Waals surface area contributed by atoms with Crippen LogP contribution in [0, 0.1) is 5.95 Å². The van der Waals surface area contributed by atoms with Gasteiger partial charge in [0.2, 0.25) is 12.4 Å². The summed E-state index contributed by atoms with van der Waals surface area (Å²) in [5, 5.41) is 2.75. The van der Waals surface area contributed by atoms with Crippen LogP contribution in [0.25, 0.3) is 11.5 Å². The highest BCUT2D eigenvalue weighted by Crippen LogP contribution is 2.21. The van der Waals surface area contributed by atoms with Crippen molar-refractivity contribution in [3.05, 3.63) is 65.6 Å². The molecule has 7 heteroatoms. The highest BCUT2D eigenvalue weighted by Gasteiger charge is 2.13. The van der Waals surface area contributed by atoms with Crippen molar-refractivity contribution >= 4 is 6.41 Å². The lowest BCUT2D eigenvalue weighted by molar-refractivity contribution is -0.110. The number of nitrogens with zero attached hydrogens (tertiary/aromatic N) is 4. The van der Waals surface area contributed by atoms with E-state index in [1.807, 2.05) is 17.7 Å². The van der Waals surface area contributed by atoms with Crippen LogP contribution < -0.4 is 5.32 Å². The molecule has 1 N–H and O–H groups in total. The van der Waals surface area contributed by atoms with Gasteiger partial charge in [-0.1, -0.05) is 25.5 Å². The fourth-order valence-corrected chi connectivity index (χ4v) is 2.98. The lowest BCUT2D eigenvalue weighted by atomic mass is 10.0. The fourth-order valence-electron chi connectivity index (χ4n) is 2.98. The highest BCUT2D eigenvalue weighted by molar-refractivity contribution is 5.50. The standard InChI is InChI=1S/C20H22FN5O/c1-3-5-15-10-16(14(2)24-13-27)11-23-18(15)12-26-9-8-22-20(26)17-6-4-7-19(21)25-17/h4,6-11,13-14H,3,5,12H2,1-2H3,(H,24,27). The largest absolute Gasteiger partial charge is 0.352 e. The van der Waals surface area contributed by atoms with E-state index in [-0.39, 0.29) is 6.04 Å². The van der Waals surface area contributed by atoms with Gasteiger partial charge in [-0.15, -0.1) is 0 Å². The van der Waals surface area contributed by atoms with Crippen LogP contribution in [-0.4, -0.2) is 25.9 Å². The van der Waals surface area contributed by atoms with Crippen molar-refractivity contribution in [1.82, 2.24) is 24.8 Å². The predicted molar refractivity (Wildman–Crippen MR) is 100 cm³/mol. The summed E-state index contributed by atoms with van der Waals surface area (Å²) in [5.74, 6) is 0.0617. The minimum atomic E-state index is -0.534. The van der Waals surface area contributed by atoms with Gasteiger partial charge in [-0.3, -0.25) is 9.78 Å². The molecule has 3 aromatic rings. The number of carbonyl (C=O) groups is 1. The second-order valence-corrected chi connectivity index (χ2v) is 6.35. The Morgan fingerprint density at radius 1 is 1.33 bits per heavy atom. The molecule has 27 heavy (non-hydrogen) atoms. The molecule has 0 spiro atoms. The monoisotopic (exact) mass is 367 g/mol. The zero-order valence-corrected chi connectivity index (χ0v) is 15.4. The number of rotatable bonds is 8. The van der Waals surface area contributed by atoms with Gasteiger partial charge in [0.05, 0.1) is 18.3 Å². The number of amides is 1. The Hall–Kier alpha value is -3.09. The summed E-state index contributed by atoms with van der Waals surface area (Å²) < 4.78 is 15.4. The van der Waals surface area contributed by atoms with Crippen molar-refractivity contribution in [2.75, 3.05) is 0 Å². The normalized spacial score (nSPS) is 12.0. The van der Waals surface area contributed by atoms with Gasteiger partial charge in [0, 0.05) is 18.6 Å². The number of hydrogen-bond acceptors (Lipinski definition) is 4. The Bertz CT molecular complexity index is 924. The first kappa shape index (κ1) is 18.7. The van der Waals surface area contributed by atoms with E-state index in [4.69, 9.17) is 0 Å². The van der Waals surface area contributed by atoms with Crippen LogP contribution in [0.2, 0.25) is 0 Å². The van der Waals surface area contributed by atoms with E-state index in [2.05, 4.69) is 33.3 Å². The van der Waals surface area contributed by atoms with Gasteiger partial charge in [-0.05, 0) is 36.6 Å². The van der Waals surface area contributed by atoms with E-state index in [1.54, 1.807) is 24.5 Å². The minimum Gasteiger partial charge on any atom is -0.352 e. The van der Waals surface area contributed by atoms with Gasteiger partial charge in [-0.2, -0.15) is 4.39 Å². The van der Waals surface area contributed by atoms with E-state index in [9.17, 15) is 9.18 Å².